The Bertz CT molecular complexity index is 654. The van der Waals surface area contributed by atoms with Crippen LogP contribution in [0.3, 0.4) is 0 Å². The fourth-order valence-corrected chi connectivity index (χ4v) is 2.93. The van der Waals surface area contributed by atoms with E-state index in [9.17, 15) is 4.79 Å². The number of amides is 2. The summed E-state index contributed by atoms with van der Waals surface area (Å²) in [4.78, 5) is 18.9. The number of nitrogens with one attached hydrogen (secondary N) is 1. The van der Waals surface area contributed by atoms with Gasteiger partial charge in [0, 0.05) is 19.3 Å². The summed E-state index contributed by atoms with van der Waals surface area (Å²) in [6.07, 6.45) is 3.38. The van der Waals surface area contributed by atoms with E-state index >= 15 is 0 Å². The molecule has 0 spiro atoms. The van der Waals surface area contributed by atoms with Crippen LogP contribution in [0.15, 0.2) is 43.1 Å². The summed E-state index contributed by atoms with van der Waals surface area (Å²) in [6, 6.07) is 7.75. The molecule has 6 heteroatoms. The van der Waals surface area contributed by atoms with Gasteiger partial charge in [-0.2, -0.15) is 0 Å². The van der Waals surface area contributed by atoms with Crippen LogP contribution in [0.4, 0.5) is 9.93 Å². The normalized spacial score (nSPS) is 10.3. The number of thiazole rings is 1. The third-order valence-electron chi connectivity index (χ3n) is 3.14. The van der Waals surface area contributed by atoms with E-state index in [-0.39, 0.29) is 19.2 Å². The van der Waals surface area contributed by atoms with Crippen LogP contribution in [0.2, 0.25) is 0 Å². The van der Waals surface area contributed by atoms with Gasteiger partial charge in [0.25, 0.3) is 0 Å². The van der Waals surface area contributed by atoms with Gasteiger partial charge in [-0.25, -0.2) is 9.78 Å². The van der Waals surface area contributed by atoms with Crippen molar-refractivity contribution < 1.29 is 9.90 Å². The number of carbonyl (C=O) groups is 1. The predicted octanol–water partition coefficient (Wildman–Crippen LogP) is 3.13. The molecule has 0 aliphatic carbocycles. The lowest BCUT2D eigenvalue weighted by Crippen LogP contribution is -2.37. The van der Waals surface area contributed by atoms with E-state index in [4.69, 9.17) is 5.11 Å². The minimum Gasteiger partial charge on any atom is -0.395 e. The van der Waals surface area contributed by atoms with Crippen LogP contribution >= 0.6 is 11.3 Å². The lowest BCUT2D eigenvalue weighted by molar-refractivity contribution is 0.195. The van der Waals surface area contributed by atoms with E-state index in [1.54, 1.807) is 12.3 Å². The van der Waals surface area contributed by atoms with Crippen LogP contribution < -0.4 is 5.32 Å². The molecule has 0 aliphatic heterocycles. The quantitative estimate of drug-likeness (QED) is 0.805. The van der Waals surface area contributed by atoms with Gasteiger partial charge in [0.1, 0.15) is 0 Å². The lowest BCUT2D eigenvalue weighted by atomic mass is 10.1. The van der Waals surface area contributed by atoms with Crippen molar-refractivity contribution in [3.63, 3.8) is 0 Å². The van der Waals surface area contributed by atoms with Gasteiger partial charge in [-0.15, -0.1) is 6.58 Å². The highest BCUT2D eigenvalue weighted by Crippen LogP contribution is 2.31. The average Bonchev–Trinajstić information content (AvgIpc) is 2.95. The second kappa shape index (κ2) is 7.72. The Morgan fingerprint density at radius 3 is 2.95 bits per heavy atom. The van der Waals surface area contributed by atoms with Crippen LogP contribution in [0.5, 0.6) is 0 Å². The van der Waals surface area contributed by atoms with Gasteiger partial charge in [0.15, 0.2) is 5.13 Å². The van der Waals surface area contributed by atoms with Gasteiger partial charge in [-0.3, -0.25) is 5.32 Å². The van der Waals surface area contributed by atoms with Gasteiger partial charge in [0.2, 0.25) is 0 Å². The molecule has 0 saturated heterocycles. The zero-order chi connectivity index (χ0) is 15.9. The van der Waals surface area contributed by atoms with Crippen molar-refractivity contribution in [2.75, 3.05) is 25.0 Å². The highest BCUT2D eigenvalue weighted by Gasteiger charge is 2.14. The van der Waals surface area contributed by atoms with E-state index < -0.39 is 0 Å². The van der Waals surface area contributed by atoms with E-state index in [0.717, 1.165) is 16.0 Å². The molecule has 0 aliphatic rings. The highest BCUT2D eigenvalue weighted by atomic mass is 32.1. The molecule has 116 valence electrons. The van der Waals surface area contributed by atoms with Crippen LogP contribution in [-0.2, 0) is 0 Å². The molecule has 1 aromatic carbocycles. The maximum absolute atomic E-state index is 12.1. The van der Waals surface area contributed by atoms with Crippen molar-refractivity contribution >= 4 is 22.5 Å². The Hall–Kier alpha value is -2.18. The largest absolute Gasteiger partial charge is 0.395 e. The van der Waals surface area contributed by atoms with Crippen molar-refractivity contribution in [2.45, 2.75) is 6.92 Å². The number of nitrogens with zero attached hydrogens (tertiary/aromatic N) is 2. The number of hydrogen-bond acceptors (Lipinski definition) is 4. The summed E-state index contributed by atoms with van der Waals surface area (Å²) in [5.74, 6) is 0. The topological polar surface area (TPSA) is 65.5 Å². The maximum atomic E-state index is 12.1. The zero-order valence-corrected chi connectivity index (χ0v) is 13.3. The van der Waals surface area contributed by atoms with Gasteiger partial charge >= 0.3 is 6.03 Å². The SMILES string of the molecule is C=CCN(CCO)C(=O)Nc1ncc(-c2ccccc2C)s1. The number of anilines is 1. The summed E-state index contributed by atoms with van der Waals surface area (Å²) >= 11 is 1.42. The first-order valence-electron chi connectivity index (χ1n) is 6.95. The monoisotopic (exact) mass is 317 g/mol. The molecule has 2 aromatic rings. The highest BCUT2D eigenvalue weighted by molar-refractivity contribution is 7.19. The molecule has 1 heterocycles. The first-order valence-corrected chi connectivity index (χ1v) is 7.77. The standard InChI is InChI=1S/C16H19N3O2S/c1-3-8-19(9-10-20)16(21)18-15-17-11-14(22-15)13-7-5-4-6-12(13)2/h3-7,11,20H,1,8-10H2,2H3,(H,17,18,21). The molecule has 0 unspecified atom stereocenters. The molecule has 0 atom stereocenters. The van der Waals surface area contributed by atoms with E-state index in [1.165, 1.54) is 16.2 Å². The number of aryl methyl sites for hydroxylation is 1. The van der Waals surface area contributed by atoms with Crippen molar-refractivity contribution in [2.24, 2.45) is 0 Å². The fraction of sp³-hybridized carbons (Fsp3) is 0.250. The second-order valence-corrected chi connectivity index (χ2v) is 5.76. The van der Waals surface area contributed by atoms with Crippen LogP contribution in [0.25, 0.3) is 10.4 Å². The molecule has 2 amide bonds. The van der Waals surface area contributed by atoms with Crippen LogP contribution in [-0.4, -0.2) is 40.7 Å². The molecule has 0 bridgehead atoms. The molecule has 22 heavy (non-hydrogen) atoms. The smallest absolute Gasteiger partial charge is 0.324 e. The Morgan fingerprint density at radius 1 is 1.50 bits per heavy atom. The Morgan fingerprint density at radius 2 is 2.27 bits per heavy atom. The number of rotatable bonds is 6. The van der Waals surface area contributed by atoms with Gasteiger partial charge < -0.3 is 10.0 Å². The summed E-state index contributed by atoms with van der Waals surface area (Å²) in [7, 11) is 0. The first kappa shape index (κ1) is 16.2. The lowest BCUT2D eigenvalue weighted by Gasteiger charge is -2.19. The summed E-state index contributed by atoms with van der Waals surface area (Å²) in [6.45, 7) is 6.20. The minimum absolute atomic E-state index is 0.0897. The second-order valence-electron chi connectivity index (χ2n) is 4.73. The molecule has 0 fully saturated rings. The molecule has 0 saturated carbocycles. The Balaban J connectivity index is 2.10. The Labute approximate surface area is 133 Å². The maximum Gasteiger partial charge on any atom is 0.324 e. The van der Waals surface area contributed by atoms with Crippen molar-refractivity contribution in [1.29, 1.82) is 0 Å². The third-order valence-corrected chi connectivity index (χ3v) is 4.08. The third kappa shape index (κ3) is 3.93. The number of aromatic nitrogens is 1. The number of carbonyl (C=O) groups excluding carboxylic acids is 1. The fourth-order valence-electron chi connectivity index (χ4n) is 2.03. The summed E-state index contributed by atoms with van der Waals surface area (Å²) < 4.78 is 0. The van der Waals surface area contributed by atoms with E-state index in [1.807, 2.05) is 31.2 Å². The molecule has 1 aromatic heterocycles. The summed E-state index contributed by atoms with van der Waals surface area (Å²) in [5, 5.41) is 12.3. The minimum atomic E-state index is -0.292. The Kier molecular flexibility index (Phi) is 5.68. The molecule has 0 radical (unpaired) electrons. The number of aliphatic hydroxyl groups is 1. The van der Waals surface area contributed by atoms with E-state index in [0.29, 0.717) is 11.7 Å². The van der Waals surface area contributed by atoms with Crippen LogP contribution in [0, 0.1) is 6.92 Å². The summed E-state index contributed by atoms with van der Waals surface area (Å²) in [5.41, 5.74) is 2.27. The van der Waals surface area contributed by atoms with Crippen molar-refractivity contribution in [3.8, 4) is 10.4 Å². The number of hydrogen-bond donors (Lipinski definition) is 2. The molecular weight excluding hydrogens is 298 g/mol. The molecular formula is C16H19N3O2S. The van der Waals surface area contributed by atoms with Crippen LogP contribution in [0.1, 0.15) is 5.56 Å². The van der Waals surface area contributed by atoms with Gasteiger partial charge in [0.05, 0.1) is 11.5 Å². The van der Waals surface area contributed by atoms with E-state index in [2.05, 4.69) is 16.9 Å². The van der Waals surface area contributed by atoms with Gasteiger partial charge in [-0.1, -0.05) is 41.7 Å². The number of benzene rings is 1. The van der Waals surface area contributed by atoms with Crippen molar-refractivity contribution in [3.05, 3.63) is 48.7 Å². The average molecular weight is 317 g/mol. The molecule has 2 N–H and O–H groups in total. The number of aliphatic hydroxyl groups excluding tert-OH is 1. The first-order chi connectivity index (χ1) is 10.7. The van der Waals surface area contributed by atoms with Crippen molar-refractivity contribution in [1.82, 2.24) is 9.88 Å². The van der Waals surface area contributed by atoms with Gasteiger partial charge in [-0.05, 0) is 18.1 Å². The molecule has 5 nitrogen and oxygen atoms in total. The molecule has 2 rings (SSSR count). The predicted molar refractivity (Wildman–Crippen MR) is 90.2 cm³/mol. The zero-order valence-electron chi connectivity index (χ0n) is 12.5. The number of urea groups is 1.